The lowest BCUT2D eigenvalue weighted by Gasteiger charge is -2.35. The van der Waals surface area contributed by atoms with Gasteiger partial charge < -0.3 is 20.3 Å². The molecule has 2 aromatic carbocycles. The van der Waals surface area contributed by atoms with Gasteiger partial charge in [-0.3, -0.25) is 9.59 Å². The first-order chi connectivity index (χ1) is 18.0. The van der Waals surface area contributed by atoms with E-state index in [-0.39, 0.29) is 29.6 Å². The van der Waals surface area contributed by atoms with E-state index in [0.29, 0.717) is 25.1 Å². The number of nitrogens with one attached hydrogen (secondary N) is 2. The summed E-state index contributed by atoms with van der Waals surface area (Å²) in [5.41, 5.74) is 1.66. The Labute approximate surface area is 220 Å². The Morgan fingerprint density at radius 2 is 1.89 bits per heavy atom. The number of carbonyl (C=O) groups is 2. The number of aromatic nitrogens is 1. The number of benzene rings is 2. The Bertz CT molecular complexity index is 1280. The Morgan fingerprint density at radius 1 is 1.14 bits per heavy atom. The molecule has 3 aromatic rings. The Balaban J connectivity index is 1.41. The highest BCUT2D eigenvalue weighted by molar-refractivity contribution is 7.10. The molecule has 2 N–H and O–H groups in total. The van der Waals surface area contributed by atoms with E-state index < -0.39 is 12.1 Å². The highest BCUT2D eigenvalue weighted by atomic mass is 32.1. The zero-order chi connectivity index (χ0) is 25.9. The van der Waals surface area contributed by atoms with Crippen LogP contribution in [0.1, 0.15) is 43.7 Å². The Kier molecular flexibility index (Phi) is 7.83. The minimum Gasteiger partial charge on any atom is -0.381 e. The summed E-state index contributed by atoms with van der Waals surface area (Å²) in [5, 5.41) is 10.2. The third-order valence-electron chi connectivity index (χ3n) is 7.62. The van der Waals surface area contributed by atoms with E-state index >= 15 is 0 Å². The van der Waals surface area contributed by atoms with Crippen molar-refractivity contribution in [1.29, 1.82) is 0 Å². The average Bonchev–Trinajstić information content (AvgIpc) is 3.62. The third kappa shape index (κ3) is 5.26. The summed E-state index contributed by atoms with van der Waals surface area (Å²) in [4.78, 5) is 33.6. The predicted molar refractivity (Wildman–Crippen MR) is 143 cm³/mol. The van der Waals surface area contributed by atoms with Crippen LogP contribution in [0.3, 0.4) is 0 Å². The molecule has 5 rings (SSSR count). The van der Waals surface area contributed by atoms with Crippen molar-refractivity contribution in [3.63, 3.8) is 0 Å². The van der Waals surface area contributed by atoms with Crippen LogP contribution >= 0.6 is 11.3 Å². The van der Waals surface area contributed by atoms with Crippen LogP contribution in [0.25, 0.3) is 22.0 Å². The molecule has 3 heterocycles. The lowest BCUT2D eigenvalue weighted by molar-refractivity contribution is -0.140. The molecule has 2 aliphatic heterocycles. The number of likely N-dealkylation sites (N-methyl/N-ethyl adjacent to an activating group) is 1. The van der Waals surface area contributed by atoms with E-state index in [0.717, 1.165) is 47.3 Å². The standard InChI is InChI=1S/C28H33FN4O3S/c1-17(30-2)26(34)32-25(18-11-14-36-15-12-18)28(35)33-13-5-8-24(33)27-31-23(16-37-27)21-9-10-22(29)20-7-4-3-6-19(20)21/h3-4,6-7,9-10,16-18,24-25,30H,5,8,11-15H2,1-2H3,(H,32,34). The van der Waals surface area contributed by atoms with Gasteiger partial charge in [-0.1, -0.05) is 24.3 Å². The summed E-state index contributed by atoms with van der Waals surface area (Å²) in [6.45, 7) is 3.61. The number of rotatable bonds is 7. The van der Waals surface area contributed by atoms with Gasteiger partial charge >= 0.3 is 0 Å². The number of ether oxygens (including phenoxy) is 1. The SMILES string of the molecule is CNC(C)C(=O)NC(C(=O)N1CCCC1c1nc(-c2ccc(F)c3ccccc23)cs1)C1CCOCC1. The molecule has 2 aliphatic rings. The molecule has 196 valence electrons. The number of fused-ring (bicyclic) bond motifs is 1. The van der Waals surface area contributed by atoms with Gasteiger partial charge in [0, 0.05) is 36.1 Å². The van der Waals surface area contributed by atoms with Crippen molar-refractivity contribution in [2.24, 2.45) is 5.92 Å². The summed E-state index contributed by atoms with van der Waals surface area (Å²) < 4.78 is 19.9. The van der Waals surface area contributed by atoms with E-state index in [1.165, 1.54) is 17.4 Å². The maximum atomic E-state index is 14.4. The summed E-state index contributed by atoms with van der Waals surface area (Å²) in [7, 11) is 1.73. The molecule has 9 heteroatoms. The summed E-state index contributed by atoms with van der Waals surface area (Å²) in [6.07, 6.45) is 3.18. The second-order valence-electron chi connectivity index (χ2n) is 9.85. The summed E-state index contributed by atoms with van der Waals surface area (Å²) >= 11 is 1.53. The van der Waals surface area contributed by atoms with Crippen molar-refractivity contribution in [2.75, 3.05) is 26.8 Å². The number of carbonyl (C=O) groups excluding carboxylic acids is 2. The Hall–Kier alpha value is -2.88. The molecule has 2 amide bonds. The highest BCUT2D eigenvalue weighted by Crippen LogP contribution is 2.38. The molecular formula is C28H33FN4O3S. The van der Waals surface area contributed by atoms with Gasteiger partial charge in [0.05, 0.1) is 17.8 Å². The van der Waals surface area contributed by atoms with Crippen molar-refractivity contribution in [3.05, 3.63) is 52.6 Å². The van der Waals surface area contributed by atoms with Crippen molar-refractivity contribution >= 4 is 33.9 Å². The quantitative estimate of drug-likeness (QED) is 0.482. The smallest absolute Gasteiger partial charge is 0.246 e. The first kappa shape index (κ1) is 25.8. The van der Waals surface area contributed by atoms with Gasteiger partial charge in [0.25, 0.3) is 0 Å². The van der Waals surface area contributed by atoms with Gasteiger partial charge in [0.15, 0.2) is 0 Å². The minimum atomic E-state index is -0.590. The molecule has 2 saturated heterocycles. The minimum absolute atomic E-state index is 0.0351. The summed E-state index contributed by atoms with van der Waals surface area (Å²) in [6, 6.07) is 9.54. The van der Waals surface area contributed by atoms with Crippen LogP contribution in [0.15, 0.2) is 41.8 Å². The van der Waals surface area contributed by atoms with E-state index in [4.69, 9.17) is 9.72 Å². The predicted octanol–water partition coefficient (Wildman–Crippen LogP) is 4.29. The van der Waals surface area contributed by atoms with Gasteiger partial charge in [-0.05, 0) is 63.1 Å². The van der Waals surface area contributed by atoms with E-state index in [2.05, 4.69) is 10.6 Å². The van der Waals surface area contributed by atoms with Crippen LogP contribution in [0.4, 0.5) is 4.39 Å². The second kappa shape index (κ2) is 11.2. The van der Waals surface area contributed by atoms with Crippen LogP contribution in [0.5, 0.6) is 0 Å². The molecule has 2 fully saturated rings. The van der Waals surface area contributed by atoms with Crippen molar-refractivity contribution < 1.29 is 18.7 Å². The van der Waals surface area contributed by atoms with Gasteiger partial charge in [0.1, 0.15) is 16.9 Å². The third-order valence-corrected chi connectivity index (χ3v) is 8.56. The highest BCUT2D eigenvalue weighted by Gasteiger charge is 2.40. The maximum Gasteiger partial charge on any atom is 0.246 e. The first-order valence-electron chi connectivity index (χ1n) is 13.0. The second-order valence-corrected chi connectivity index (χ2v) is 10.7. The molecule has 7 nitrogen and oxygen atoms in total. The number of hydrogen-bond acceptors (Lipinski definition) is 6. The van der Waals surface area contributed by atoms with Crippen LogP contribution in [-0.2, 0) is 14.3 Å². The molecule has 3 unspecified atom stereocenters. The molecular weight excluding hydrogens is 491 g/mol. The molecule has 37 heavy (non-hydrogen) atoms. The van der Waals surface area contributed by atoms with E-state index in [9.17, 15) is 14.0 Å². The zero-order valence-electron chi connectivity index (χ0n) is 21.2. The molecule has 1 aromatic heterocycles. The van der Waals surface area contributed by atoms with E-state index in [1.54, 1.807) is 26.1 Å². The monoisotopic (exact) mass is 524 g/mol. The molecule has 0 saturated carbocycles. The Morgan fingerprint density at radius 3 is 2.65 bits per heavy atom. The van der Waals surface area contributed by atoms with Crippen LogP contribution in [0, 0.1) is 11.7 Å². The van der Waals surface area contributed by atoms with Gasteiger partial charge in [-0.15, -0.1) is 11.3 Å². The summed E-state index contributed by atoms with van der Waals surface area (Å²) in [5.74, 6) is -0.443. The fourth-order valence-electron chi connectivity index (χ4n) is 5.36. The maximum absolute atomic E-state index is 14.4. The molecule has 0 aliphatic carbocycles. The molecule has 3 atom stereocenters. The van der Waals surface area contributed by atoms with Crippen LogP contribution < -0.4 is 10.6 Å². The fourth-order valence-corrected chi connectivity index (χ4v) is 6.32. The van der Waals surface area contributed by atoms with Crippen molar-refractivity contribution in [2.45, 2.75) is 50.7 Å². The first-order valence-corrected chi connectivity index (χ1v) is 13.8. The molecule has 0 bridgehead atoms. The largest absolute Gasteiger partial charge is 0.381 e. The van der Waals surface area contributed by atoms with Crippen molar-refractivity contribution in [1.82, 2.24) is 20.5 Å². The number of likely N-dealkylation sites (tertiary alicyclic amines) is 1. The van der Waals surface area contributed by atoms with Gasteiger partial charge in [-0.25, -0.2) is 9.37 Å². The lowest BCUT2D eigenvalue weighted by Crippen LogP contribution is -2.56. The van der Waals surface area contributed by atoms with Gasteiger partial charge in [0.2, 0.25) is 11.8 Å². The van der Waals surface area contributed by atoms with Gasteiger partial charge in [-0.2, -0.15) is 0 Å². The number of nitrogens with zero attached hydrogens (tertiary/aromatic N) is 2. The van der Waals surface area contributed by atoms with Crippen molar-refractivity contribution in [3.8, 4) is 11.3 Å². The molecule has 0 radical (unpaired) electrons. The molecule has 0 spiro atoms. The average molecular weight is 525 g/mol. The number of hydrogen-bond donors (Lipinski definition) is 2. The number of thiazole rings is 1. The number of amides is 2. The zero-order valence-corrected chi connectivity index (χ0v) is 22.0. The lowest BCUT2D eigenvalue weighted by atomic mass is 9.90. The number of halogens is 1. The fraction of sp³-hybridized carbons (Fsp3) is 0.464. The normalized spacial score (nSPS) is 20.2. The van der Waals surface area contributed by atoms with Crippen LogP contribution in [-0.4, -0.2) is 60.6 Å². The van der Waals surface area contributed by atoms with E-state index in [1.807, 2.05) is 28.5 Å². The topological polar surface area (TPSA) is 83.6 Å². The van der Waals surface area contributed by atoms with Crippen LogP contribution in [0.2, 0.25) is 0 Å².